The summed E-state index contributed by atoms with van der Waals surface area (Å²) in [5, 5.41) is 1.09. The second kappa shape index (κ2) is 13.6. The smallest absolute Gasteiger partial charge is 0.338 e. The summed E-state index contributed by atoms with van der Waals surface area (Å²) in [6.45, 7) is 3.92. The fraction of sp³-hybridized carbons (Fsp3) is 0.219. The zero-order chi connectivity index (χ0) is 31.5. The Hall–Kier alpha value is -3.57. The second-order valence-corrected chi connectivity index (χ2v) is 12.3. The fourth-order valence-corrected chi connectivity index (χ4v) is 6.83. The normalized spacial score (nSPS) is 14.6. The third kappa shape index (κ3) is 6.44. The van der Waals surface area contributed by atoms with Crippen LogP contribution in [0.2, 0.25) is 10.0 Å². The van der Waals surface area contributed by atoms with E-state index in [-0.39, 0.29) is 24.3 Å². The predicted molar refractivity (Wildman–Crippen MR) is 175 cm³/mol. The van der Waals surface area contributed by atoms with Gasteiger partial charge in [-0.3, -0.25) is 9.36 Å². The molecule has 1 aromatic heterocycles. The SMILES string of the molecule is CCOC(=O)C1=C(C)N=c2s/c(=C\c3ccc(OCc4ccc(Cl)cc4Cl)cc3)c(=O)n2[C@@H]1c1cc(OC)c(OC)cc1Br. The van der Waals surface area contributed by atoms with Gasteiger partial charge in [0.05, 0.1) is 42.7 Å². The van der Waals surface area contributed by atoms with E-state index >= 15 is 0 Å². The average Bonchev–Trinajstić information content (AvgIpc) is 3.30. The Morgan fingerprint density at radius 2 is 1.77 bits per heavy atom. The van der Waals surface area contributed by atoms with Crippen LogP contribution in [0.3, 0.4) is 0 Å². The van der Waals surface area contributed by atoms with Crippen LogP contribution in [0.5, 0.6) is 17.2 Å². The van der Waals surface area contributed by atoms with E-state index in [4.69, 9.17) is 42.1 Å². The number of carbonyl (C=O) groups is 1. The lowest BCUT2D eigenvalue weighted by Gasteiger charge is -2.26. The highest BCUT2D eigenvalue weighted by atomic mass is 79.9. The molecule has 0 spiro atoms. The van der Waals surface area contributed by atoms with Crippen molar-refractivity contribution in [3.8, 4) is 17.2 Å². The number of fused-ring (bicyclic) bond motifs is 1. The number of nitrogens with zero attached hydrogens (tertiary/aromatic N) is 2. The molecule has 44 heavy (non-hydrogen) atoms. The largest absolute Gasteiger partial charge is 0.493 e. The average molecular weight is 718 g/mol. The highest BCUT2D eigenvalue weighted by Crippen LogP contribution is 2.40. The Kier molecular flexibility index (Phi) is 9.84. The van der Waals surface area contributed by atoms with Gasteiger partial charge in [-0.2, -0.15) is 0 Å². The van der Waals surface area contributed by atoms with E-state index in [0.29, 0.717) is 52.4 Å². The van der Waals surface area contributed by atoms with Crippen molar-refractivity contribution >= 4 is 62.5 Å². The maximum atomic E-state index is 14.0. The van der Waals surface area contributed by atoms with Gasteiger partial charge in [-0.05, 0) is 67.4 Å². The van der Waals surface area contributed by atoms with E-state index in [9.17, 15) is 9.59 Å². The molecule has 0 N–H and O–H groups in total. The number of esters is 1. The lowest BCUT2D eigenvalue weighted by atomic mass is 9.95. The third-order valence-corrected chi connectivity index (χ3v) is 9.16. The van der Waals surface area contributed by atoms with Gasteiger partial charge < -0.3 is 18.9 Å². The summed E-state index contributed by atoms with van der Waals surface area (Å²) in [6, 6.07) is 15.3. The standard InChI is InChI=1S/C32H27BrCl2N2O6S/c1-5-42-31(39)28-17(2)36-32-37(29(28)22-14-25(40-3)26(41-4)15-23(22)33)30(38)27(44-32)12-18-6-10-21(11-7-18)43-16-19-8-9-20(34)13-24(19)35/h6-15,29H,5,16H2,1-4H3/b27-12-/t29-/m1/s1. The number of methoxy groups -OCH3 is 2. The molecule has 4 aromatic rings. The van der Waals surface area contributed by atoms with Crippen LogP contribution in [0.25, 0.3) is 6.08 Å². The molecule has 8 nitrogen and oxygen atoms in total. The summed E-state index contributed by atoms with van der Waals surface area (Å²) in [5.41, 5.74) is 2.65. The number of ether oxygens (including phenoxy) is 4. The van der Waals surface area contributed by atoms with E-state index in [2.05, 4.69) is 20.9 Å². The molecule has 1 aliphatic rings. The molecule has 5 rings (SSSR count). The lowest BCUT2D eigenvalue weighted by Crippen LogP contribution is -2.40. The first-order chi connectivity index (χ1) is 21.1. The van der Waals surface area contributed by atoms with E-state index in [1.807, 2.05) is 30.3 Å². The number of benzene rings is 3. The van der Waals surface area contributed by atoms with Crippen LogP contribution in [0, 0.1) is 0 Å². The van der Waals surface area contributed by atoms with Gasteiger partial charge in [-0.15, -0.1) is 0 Å². The number of aromatic nitrogens is 1. The fourth-order valence-electron chi connectivity index (χ4n) is 4.78. The highest BCUT2D eigenvalue weighted by molar-refractivity contribution is 9.10. The molecule has 12 heteroatoms. The molecule has 0 bridgehead atoms. The molecule has 0 amide bonds. The Morgan fingerprint density at radius 3 is 2.43 bits per heavy atom. The van der Waals surface area contributed by atoms with Crippen LogP contribution >= 0.6 is 50.5 Å². The van der Waals surface area contributed by atoms with Crippen LogP contribution < -0.4 is 29.1 Å². The van der Waals surface area contributed by atoms with Gasteiger partial charge in [0.25, 0.3) is 5.56 Å². The van der Waals surface area contributed by atoms with Gasteiger partial charge in [0, 0.05) is 20.1 Å². The minimum Gasteiger partial charge on any atom is -0.493 e. The zero-order valence-electron chi connectivity index (χ0n) is 24.2. The van der Waals surface area contributed by atoms with Crippen LogP contribution in [-0.2, 0) is 16.1 Å². The first-order valence-corrected chi connectivity index (χ1v) is 15.8. The Morgan fingerprint density at radius 1 is 1.07 bits per heavy atom. The maximum absolute atomic E-state index is 14.0. The van der Waals surface area contributed by atoms with Gasteiger partial charge >= 0.3 is 5.97 Å². The molecule has 0 saturated carbocycles. The van der Waals surface area contributed by atoms with Crippen molar-refractivity contribution in [2.45, 2.75) is 26.5 Å². The van der Waals surface area contributed by atoms with Crippen molar-refractivity contribution < 1.29 is 23.7 Å². The van der Waals surface area contributed by atoms with E-state index < -0.39 is 12.0 Å². The van der Waals surface area contributed by atoms with Gasteiger partial charge in [0.15, 0.2) is 16.3 Å². The van der Waals surface area contributed by atoms with Crippen molar-refractivity contribution in [1.29, 1.82) is 0 Å². The molecular weight excluding hydrogens is 691 g/mol. The molecule has 2 heterocycles. The van der Waals surface area contributed by atoms with Gasteiger partial charge in [0.1, 0.15) is 12.4 Å². The first-order valence-electron chi connectivity index (χ1n) is 13.4. The van der Waals surface area contributed by atoms with Crippen molar-refractivity contribution in [3.63, 3.8) is 0 Å². The quantitative estimate of drug-likeness (QED) is 0.185. The number of hydrogen-bond donors (Lipinski definition) is 0. The zero-order valence-corrected chi connectivity index (χ0v) is 28.1. The molecule has 0 unspecified atom stereocenters. The van der Waals surface area contributed by atoms with Crippen LogP contribution in [0.15, 0.2) is 80.1 Å². The number of thiazole rings is 1. The Bertz CT molecular complexity index is 1950. The highest BCUT2D eigenvalue weighted by Gasteiger charge is 2.35. The van der Waals surface area contributed by atoms with E-state index in [1.165, 1.54) is 30.1 Å². The number of halogens is 3. The summed E-state index contributed by atoms with van der Waals surface area (Å²) < 4.78 is 24.9. The topological polar surface area (TPSA) is 88.4 Å². The molecule has 1 atom stereocenters. The molecule has 0 saturated heterocycles. The van der Waals surface area contributed by atoms with Crippen molar-refractivity contribution in [1.82, 2.24) is 4.57 Å². The summed E-state index contributed by atoms with van der Waals surface area (Å²) in [6.07, 6.45) is 1.79. The molecule has 0 radical (unpaired) electrons. The number of allylic oxidation sites excluding steroid dienone is 1. The predicted octanol–water partition coefficient (Wildman–Crippen LogP) is 6.46. The monoisotopic (exact) mass is 716 g/mol. The molecule has 3 aromatic carbocycles. The first kappa shape index (κ1) is 31.8. The summed E-state index contributed by atoms with van der Waals surface area (Å²) in [7, 11) is 3.06. The van der Waals surface area contributed by atoms with Crippen molar-refractivity contribution in [2.24, 2.45) is 4.99 Å². The summed E-state index contributed by atoms with van der Waals surface area (Å²) in [5.74, 6) is 1.04. The van der Waals surface area contributed by atoms with Crippen LogP contribution in [0.4, 0.5) is 0 Å². The number of carbonyl (C=O) groups excluding carboxylic acids is 1. The molecule has 0 fully saturated rings. The lowest BCUT2D eigenvalue weighted by molar-refractivity contribution is -0.139. The van der Waals surface area contributed by atoms with E-state index in [1.54, 1.807) is 44.2 Å². The van der Waals surface area contributed by atoms with Gasteiger partial charge in [0.2, 0.25) is 0 Å². The van der Waals surface area contributed by atoms with E-state index in [0.717, 1.165) is 11.1 Å². The molecule has 1 aliphatic heterocycles. The van der Waals surface area contributed by atoms with Gasteiger partial charge in [-0.1, -0.05) is 68.7 Å². The second-order valence-electron chi connectivity index (χ2n) is 9.62. The van der Waals surface area contributed by atoms with Gasteiger partial charge in [-0.25, -0.2) is 9.79 Å². The third-order valence-electron chi connectivity index (χ3n) is 6.90. The Balaban J connectivity index is 1.54. The van der Waals surface area contributed by atoms with Crippen molar-refractivity contribution in [3.05, 3.63) is 117 Å². The minimum absolute atomic E-state index is 0.173. The van der Waals surface area contributed by atoms with Crippen LogP contribution in [-0.4, -0.2) is 31.4 Å². The molecule has 0 aliphatic carbocycles. The maximum Gasteiger partial charge on any atom is 0.338 e. The molecular formula is C32H27BrCl2N2O6S. The number of hydrogen-bond acceptors (Lipinski definition) is 8. The van der Waals surface area contributed by atoms with Crippen LogP contribution in [0.1, 0.15) is 36.6 Å². The van der Waals surface area contributed by atoms with Crippen molar-refractivity contribution in [2.75, 3.05) is 20.8 Å². The Labute approximate surface area is 275 Å². The minimum atomic E-state index is -0.822. The number of rotatable bonds is 9. The molecule has 228 valence electrons. The summed E-state index contributed by atoms with van der Waals surface area (Å²) in [4.78, 5) is 32.4. The summed E-state index contributed by atoms with van der Waals surface area (Å²) >= 11 is 17.1.